The van der Waals surface area contributed by atoms with E-state index in [0.29, 0.717) is 17.9 Å². The second kappa shape index (κ2) is 7.88. The van der Waals surface area contributed by atoms with Gasteiger partial charge in [-0.15, -0.1) is 12.4 Å². The maximum absolute atomic E-state index is 12.5. The third-order valence-electron chi connectivity index (χ3n) is 4.52. The Kier molecular flexibility index (Phi) is 6.13. The van der Waals surface area contributed by atoms with Gasteiger partial charge in [-0.1, -0.05) is 0 Å². The van der Waals surface area contributed by atoms with Crippen LogP contribution in [0, 0.1) is 0 Å². The van der Waals surface area contributed by atoms with E-state index in [1.165, 1.54) is 12.8 Å². The first-order valence-corrected chi connectivity index (χ1v) is 8.07. The van der Waals surface area contributed by atoms with E-state index in [9.17, 15) is 4.79 Å². The molecule has 5 nitrogen and oxygen atoms in total. The molecule has 0 unspecified atom stereocenters. The fourth-order valence-electron chi connectivity index (χ4n) is 3.24. The van der Waals surface area contributed by atoms with Gasteiger partial charge in [-0.3, -0.25) is 4.79 Å². The normalized spacial score (nSPS) is 21.1. The Morgan fingerprint density at radius 3 is 2.57 bits per heavy atom. The van der Waals surface area contributed by atoms with E-state index in [0.717, 1.165) is 31.6 Å². The predicted molar refractivity (Wildman–Crippen MR) is 91.6 cm³/mol. The molecule has 0 bridgehead atoms. The van der Waals surface area contributed by atoms with Crippen molar-refractivity contribution in [2.45, 2.75) is 44.2 Å². The Hall–Kier alpha value is -1.46. The van der Waals surface area contributed by atoms with Crippen molar-refractivity contribution < 1.29 is 14.3 Å². The van der Waals surface area contributed by atoms with Crippen molar-refractivity contribution >= 4 is 18.3 Å². The second-order valence-corrected chi connectivity index (χ2v) is 6.19. The largest absolute Gasteiger partial charge is 0.493 e. The fraction of sp³-hybridized carbons (Fsp3) is 0.588. The summed E-state index contributed by atoms with van der Waals surface area (Å²) in [6.07, 6.45) is 5.76. The fourth-order valence-corrected chi connectivity index (χ4v) is 3.24. The molecule has 0 aromatic heterocycles. The maximum Gasteiger partial charge on any atom is 0.254 e. The summed E-state index contributed by atoms with van der Waals surface area (Å²) in [7, 11) is 1.61. The lowest BCUT2D eigenvalue weighted by molar-refractivity contribution is 0.0790. The van der Waals surface area contributed by atoms with Crippen molar-refractivity contribution in [3.63, 3.8) is 0 Å². The minimum atomic E-state index is 0. The molecule has 3 rings (SSSR count). The van der Waals surface area contributed by atoms with E-state index >= 15 is 0 Å². The molecule has 1 heterocycles. The molecule has 1 saturated carbocycles. The Morgan fingerprint density at radius 2 is 1.96 bits per heavy atom. The Morgan fingerprint density at radius 1 is 1.22 bits per heavy atom. The highest BCUT2D eigenvalue weighted by Gasteiger charge is 2.25. The van der Waals surface area contributed by atoms with Crippen LogP contribution < -0.4 is 15.2 Å². The monoisotopic (exact) mass is 340 g/mol. The number of likely N-dealkylation sites (tertiary alicyclic amines) is 1. The number of hydrogen-bond acceptors (Lipinski definition) is 4. The third-order valence-corrected chi connectivity index (χ3v) is 4.52. The summed E-state index contributed by atoms with van der Waals surface area (Å²) in [5.41, 5.74) is 6.50. The van der Waals surface area contributed by atoms with Crippen LogP contribution in [0.25, 0.3) is 0 Å². The minimum absolute atomic E-state index is 0. The maximum atomic E-state index is 12.5. The lowest BCUT2D eigenvalue weighted by Gasteiger charge is -2.19. The molecular formula is C17H25ClN2O3. The van der Waals surface area contributed by atoms with Crippen LogP contribution in [0.1, 0.15) is 42.5 Å². The van der Waals surface area contributed by atoms with Crippen LogP contribution in [0.3, 0.4) is 0 Å². The number of methoxy groups -OCH3 is 1. The lowest BCUT2D eigenvalue weighted by atomic mass is 10.1. The zero-order valence-electron chi connectivity index (χ0n) is 13.5. The summed E-state index contributed by atoms with van der Waals surface area (Å²) in [5, 5.41) is 0. The van der Waals surface area contributed by atoms with Crippen molar-refractivity contribution in [3.05, 3.63) is 23.8 Å². The first-order chi connectivity index (χ1) is 10.7. The number of benzene rings is 1. The zero-order chi connectivity index (χ0) is 15.5. The Balaban J connectivity index is 0.00000192. The summed E-state index contributed by atoms with van der Waals surface area (Å²) in [6.45, 7) is 1.35. The van der Waals surface area contributed by atoms with Crippen LogP contribution in [0.2, 0.25) is 0 Å². The van der Waals surface area contributed by atoms with E-state index in [1.54, 1.807) is 18.1 Å². The average Bonchev–Trinajstić information content (AvgIpc) is 3.18. The summed E-state index contributed by atoms with van der Waals surface area (Å²) in [4.78, 5) is 14.3. The van der Waals surface area contributed by atoms with Gasteiger partial charge in [0.25, 0.3) is 5.91 Å². The molecule has 1 aliphatic heterocycles. The summed E-state index contributed by atoms with van der Waals surface area (Å²) in [5.74, 6) is 1.36. The zero-order valence-corrected chi connectivity index (χ0v) is 14.3. The van der Waals surface area contributed by atoms with E-state index in [2.05, 4.69) is 0 Å². The number of rotatable bonds is 4. The van der Waals surface area contributed by atoms with Crippen molar-refractivity contribution in [1.82, 2.24) is 4.90 Å². The van der Waals surface area contributed by atoms with Crippen LogP contribution in [0.5, 0.6) is 11.5 Å². The van der Waals surface area contributed by atoms with Gasteiger partial charge in [0.1, 0.15) is 0 Å². The van der Waals surface area contributed by atoms with Crippen molar-refractivity contribution in [2.24, 2.45) is 5.73 Å². The molecule has 1 aromatic carbocycles. The summed E-state index contributed by atoms with van der Waals surface area (Å²) < 4.78 is 11.4. The van der Waals surface area contributed by atoms with Crippen molar-refractivity contribution in [2.75, 3.05) is 20.2 Å². The number of carbonyl (C=O) groups excluding carboxylic acids is 1. The number of hydrogen-bond donors (Lipinski definition) is 1. The molecule has 2 fully saturated rings. The van der Waals surface area contributed by atoms with Gasteiger partial charge >= 0.3 is 0 Å². The van der Waals surface area contributed by atoms with Crippen LogP contribution >= 0.6 is 12.4 Å². The Bertz CT molecular complexity index is 547. The van der Waals surface area contributed by atoms with Crippen molar-refractivity contribution in [3.8, 4) is 11.5 Å². The molecule has 2 N–H and O–H groups in total. The smallest absolute Gasteiger partial charge is 0.254 e. The number of nitrogens with zero attached hydrogens (tertiary/aromatic N) is 1. The van der Waals surface area contributed by atoms with Crippen LogP contribution in [-0.2, 0) is 0 Å². The first kappa shape index (κ1) is 17.9. The van der Waals surface area contributed by atoms with Gasteiger partial charge in [0.05, 0.1) is 13.2 Å². The average molecular weight is 341 g/mol. The minimum Gasteiger partial charge on any atom is -0.493 e. The summed E-state index contributed by atoms with van der Waals surface area (Å²) >= 11 is 0. The third kappa shape index (κ3) is 4.09. The van der Waals surface area contributed by atoms with Crippen LogP contribution in [0.15, 0.2) is 18.2 Å². The first-order valence-electron chi connectivity index (χ1n) is 8.07. The van der Waals surface area contributed by atoms with E-state index in [1.807, 2.05) is 12.1 Å². The van der Waals surface area contributed by atoms with Crippen LogP contribution in [0.4, 0.5) is 0 Å². The number of carbonyl (C=O) groups is 1. The Labute approximate surface area is 143 Å². The van der Waals surface area contributed by atoms with Gasteiger partial charge in [-0.05, 0) is 50.3 Å². The molecule has 1 aliphatic carbocycles. The molecule has 6 heteroatoms. The predicted octanol–water partition coefficient (Wildman–Crippen LogP) is 2.61. The quantitative estimate of drug-likeness (QED) is 0.915. The lowest BCUT2D eigenvalue weighted by Crippen LogP contribution is -2.31. The number of nitrogens with two attached hydrogens (primary N) is 1. The molecule has 2 aliphatic rings. The molecule has 0 spiro atoms. The van der Waals surface area contributed by atoms with E-state index in [4.69, 9.17) is 15.2 Å². The van der Waals surface area contributed by atoms with Gasteiger partial charge in [0.2, 0.25) is 0 Å². The second-order valence-electron chi connectivity index (χ2n) is 6.19. The standard InChI is InChI=1S/C17H24N2O3.ClH/c1-21-16-10-12(17(20)19-9-8-13(18)11-19)6-7-15(16)22-14-4-2-3-5-14;/h6-7,10,13-14H,2-5,8-9,11,18H2,1H3;1H/t13-;/m1./s1. The molecule has 1 amide bonds. The van der Waals surface area contributed by atoms with E-state index < -0.39 is 0 Å². The highest BCUT2D eigenvalue weighted by Crippen LogP contribution is 2.32. The van der Waals surface area contributed by atoms with Gasteiger partial charge < -0.3 is 20.1 Å². The van der Waals surface area contributed by atoms with E-state index in [-0.39, 0.29) is 30.5 Å². The number of halogens is 1. The SMILES string of the molecule is COc1cc(C(=O)N2CC[C@@H](N)C2)ccc1OC1CCCC1.Cl. The molecule has 128 valence electrons. The molecule has 1 atom stereocenters. The summed E-state index contributed by atoms with van der Waals surface area (Å²) in [6, 6.07) is 5.53. The highest BCUT2D eigenvalue weighted by atomic mass is 35.5. The molecule has 1 aromatic rings. The van der Waals surface area contributed by atoms with Crippen molar-refractivity contribution in [1.29, 1.82) is 0 Å². The molecule has 0 radical (unpaired) electrons. The number of amides is 1. The van der Waals surface area contributed by atoms with Gasteiger partial charge in [0, 0.05) is 24.7 Å². The van der Waals surface area contributed by atoms with Gasteiger partial charge in [0.15, 0.2) is 11.5 Å². The van der Waals surface area contributed by atoms with Gasteiger partial charge in [-0.2, -0.15) is 0 Å². The van der Waals surface area contributed by atoms with Crippen LogP contribution in [-0.4, -0.2) is 43.2 Å². The molecule has 23 heavy (non-hydrogen) atoms. The topological polar surface area (TPSA) is 64.8 Å². The highest BCUT2D eigenvalue weighted by molar-refractivity contribution is 5.95. The number of ether oxygens (including phenoxy) is 2. The van der Waals surface area contributed by atoms with Gasteiger partial charge in [-0.25, -0.2) is 0 Å². The molecule has 1 saturated heterocycles. The molecular weight excluding hydrogens is 316 g/mol.